The first-order chi connectivity index (χ1) is 20.1. The average molecular weight is 642 g/mol. The normalized spacial score (nSPS) is 18.3. The summed E-state index contributed by atoms with van der Waals surface area (Å²) in [5.41, 5.74) is 0.548. The standard InChI is InChI=1S/C29H25ClF5N3O4S/c1-14-36-26(29(33,34)35)12-38(14)24-5-4-16(17-9-23(32)22(13-39)25(10-17)43(3,40)41)8-21(24)27-28(42-15(2)37-27)18-6-19(30)11-20(31)7-18/h6-9,11-12,25,39H,4-5,10,13H2,1-3H3. The molecule has 1 N–H and O–H groups in total. The minimum Gasteiger partial charge on any atom is -0.440 e. The number of allylic oxidation sites excluding steroid dienone is 7. The van der Waals surface area contributed by atoms with Crippen molar-refractivity contribution in [2.45, 2.75) is 44.5 Å². The molecule has 5 rings (SSSR count). The molecule has 0 aliphatic heterocycles. The van der Waals surface area contributed by atoms with Crippen LogP contribution in [0, 0.1) is 19.7 Å². The zero-order valence-electron chi connectivity index (χ0n) is 23.1. The van der Waals surface area contributed by atoms with Gasteiger partial charge in [-0.1, -0.05) is 11.6 Å². The van der Waals surface area contributed by atoms with Gasteiger partial charge in [-0.3, -0.25) is 0 Å². The van der Waals surface area contributed by atoms with E-state index in [0.29, 0.717) is 16.8 Å². The van der Waals surface area contributed by atoms with Gasteiger partial charge in [-0.05, 0) is 67.7 Å². The molecule has 1 aromatic carbocycles. The third-order valence-corrected chi connectivity index (χ3v) is 9.04. The van der Waals surface area contributed by atoms with Crippen LogP contribution in [0.2, 0.25) is 5.02 Å². The third-order valence-electron chi connectivity index (χ3n) is 7.34. The number of halogens is 6. The highest BCUT2D eigenvalue weighted by atomic mass is 35.5. The predicted octanol–water partition coefficient (Wildman–Crippen LogP) is 7.01. The Hall–Kier alpha value is -3.55. The fourth-order valence-electron chi connectivity index (χ4n) is 5.39. The van der Waals surface area contributed by atoms with Crippen LogP contribution >= 0.6 is 11.6 Å². The fraction of sp³-hybridized carbons (Fsp3) is 0.310. The highest BCUT2D eigenvalue weighted by Gasteiger charge is 2.36. The van der Waals surface area contributed by atoms with Crippen molar-refractivity contribution in [3.8, 4) is 11.3 Å². The SMILES string of the molecule is Cc1nc(C2=C(n3cc(C(F)(F)F)nc3C)CCC(C3=CC(F)=C(CO)C(S(C)(=O)=O)C3)=C2)c(-c2cc(F)cc(Cl)c2)o1. The molecule has 0 fully saturated rings. The lowest BCUT2D eigenvalue weighted by Crippen LogP contribution is -2.28. The van der Waals surface area contributed by atoms with Crippen LogP contribution in [0.5, 0.6) is 0 Å². The predicted molar refractivity (Wildman–Crippen MR) is 151 cm³/mol. The van der Waals surface area contributed by atoms with Gasteiger partial charge in [0, 0.05) is 46.8 Å². The number of rotatable bonds is 6. The minimum atomic E-state index is -4.71. The van der Waals surface area contributed by atoms with Crippen LogP contribution in [0.25, 0.3) is 22.6 Å². The van der Waals surface area contributed by atoms with E-state index < -0.39 is 45.2 Å². The number of nitrogens with zero attached hydrogens (tertiary/aromatic N) is 3. The molecule has 3 aromatic rings. The molecule has 1 atom stereocenters. The minimum absolute atomic E-state index is 0.0443. The number of aromatic nitrogens is 3. The average Bonchev–Trinajstić information content (AvgIpc) is 3.49. The molecule has 7 nitrogen and oxygen atoms in total. The van der Waals surface area contributed by atoms with E-state index in [1.54, 1.807) is 13.0 Å². The van der Waals surface area contributed by atoms with E-state index in [1.807, 2.05) is 0 Å². The fourth-order valence-corrected chi connectivity index (χ4v) is 6.80. The van der Waals surface area contributed by atoms with Gasteiger partial charge < -0.3 is 14.1 Å². The summed E-state index contributed by atoms with van der Waals surface area (Å²) in [6, 6.07) is 3.72. The molecule has 2 aliphatic rings. The first kappa shape index (κ1) is 30.9. The van der Waals surface area contributed by atoms with E-state index in [2.05, 4.69) is 9.97 Å². The summed E-state index contributed by atoms with van der Waals surface area (Å²) < 4.78 is 102. The third kappa shape index (κ3) is 6.11. The number of sulfone groups is 1. The maximum Gasteiger partial charge on any atom is 0.434 e. The van der Waals surface area contributed by atoms with Crippen LogP contribution in [0.4, 0.5) is 22.0 Å². The molecule has 228 valence electrons. The topological polar surface area (TPSA) is 98.2 Å². The molecular formula is C29H25ClF5N3O4S. The highest BCUT2D eigenvalue weighted by Crippen LogP contribution is 2.44. The van der Waals surface area contributed by atoms with Gasteiger partial charge in [0.25, 0.3) is 0 Å². The lowest BCUT2D eigenvalue weighted by atomic mass is 9.84. The van der Waals surface area contributed by atoms with Crippen molar-refractivity contribution in [1.29, 1.82) is 0 Å². The zero-order valence-corrected chi connectivity index (χ0v) is 24.6. The van der Waals surface area contributed by atoms with Gasteiger partial charge in [0.2, 0.25) is 0 Å². The Labute approximate surface area is 248 Å². The Morgan fingerprint density at radius 2 is 1.81 bits per heavy atom. The summed E-state index contributed by atoms with van der Waals surface area (Å²) in [7, 11) is -3.81. The summed E-state index contributed by atoms with van der Waals surface area (Å²) in [6.45, 7) is 2.18. The van der Waals surface area contributed by atoms with E-state index in [9.17, 15) is 31.1 Å². The maximum atomic E-state index is 15.1. The number of hydrogen-bond donors (Lipinski definition) is 1. The van der Waals surface area contributed by atoms with Gasteiger partial charge in [0.05, 0.1) is 11.9 Å². The van der Waals surface area contributed by atoms with E-state index in [4.69, 9.17) is 16.0 Å². The van der Waals surface area contributed by atoms with Crippen LogP contribution in [-0.2, 0) is 16.0 Å². The van der Waals surface area contributed by atoms with Crippen molar-refractivity contribution >= 4 is 32.7 Å². The maximum absolute atomic E-state index is 15.1. The Balaban J connectivity index is 1.75. The van der Waals surface area contributed by atoms with Gasteiger partial charge in [-0.25, -0.2) is 27.2 Å². The molecule has 2 heterocycles. The Bertz CT molecular complexity index is 1850. The second-order valence-corrected chi connectivity index (χ2v) is 13.0. The monoisotopic (exact) mass is 641 g/mol. The second-order valence-electron chi connectivity index (χ2n) is 10.4. The highest BCUT2D eigenvalue weighted by molar-refractivity contribution is 7.91. The number of imidazole rings is 1. The largest absolute Gasteiger partial charge is 0.440 e. The molecule has 0 saturated carbocycles. The van der Waals surface area contributed by atoms with Crippen molar-refractivity contribution in [2.24, 2.45) is 0 Å². The molecule has 0 spiro atoms. The molecule has 0 bridgehead atoms. The summed E-state index contributed by atoms with van der Waals surface area (Å²) in [5.74, 6) is -1.21. The molecule has 14 heteroatoms. The van der Waals surface area contributed by atoms with Crippen LogP contribution in [-0.4, -0.2) is 46.2 Å². The van der Waals surface area contributed by atoms with E-state index in [1.165, 1.54) is 23.6 Å². The summed E-state index contributed by atoms with van der Waals surface area (Å²) in [4.78, 5) is 8.17. The van der Waals surface area contributed by atoms with Crippen molar-refractivity contribution in [1.82, 2.24) is 14.5 Å². The van der Waals surface area contributed by atoms with Crippen molar-refractivity contribution in [3.05, 3.63) is 93.0 Å². The molecule has 0 saturated heterocycles. The van der Waals surface area contributed by atoms with Gasteiger partial charge >= 0.3 is 6.18 Å². The summed E-state index contributed by atoms with van der Waals surface area (Å²) in [5, 5.41) is 8.43. The molecule has 1 unspecified atom stereocenters. The van der Waals surface area contributed by atoms with Crippen LogP contribution in [0.15, 0.2) is 63.5 Å². The van der Waals surface area contributed by atoms with E-state index >= 15 is 4.39 Å². The molecule has 2 aliphatic carbocycles. The molecular weight excluding hydrogens is 617 g/mol. The number of hydrogen-bond acceptors (Lipinski definition) is 6. The second kappa shape index (κ2) is 11.2. The smallest absolute Gasteiger partial charge is 0.434 e. The number of oxazole rings is 1. The van der Waals surface area contributed by atoms with Crippen LogP contribution in [0.1, 0.15) is 42.4 Å². The Kier molecular flexibility index (Phi) is 8.03. The lowest BCUT2D eigenvalue weighted by molar-refractivity contribution is -0.141. The number of aryl methyl sites for hydroxylation is 2. The van der Waals surface area contributed by atoms with Gasteiger partial charge in [-0.2, -0.15) is 13.2 Å². The lowest BCUT2D eigenvalue weighted by Gasteiger charge is -2.28. The first-order valence-electron chi connectivity index (χ1n) is 13.0. The van der Waals surface area contributed by atoms with Crippen molar-refractivity contribution in [2.75, 3.05) is 12.9 Å². The number of aliphatic hydroxyl groups is 1. The molecule has 43 heavy (non-hydrogen) atoms. The van der Waals surface area contributed by atoms with Gasteiger partial charge in [0.15, 0.2) is 27.2 Å². The number of alkyl halides is 3. The number of benzene rings is 1. The van der Waals surface area contributed by atoms with Crippen LogP contribution < -0.4 is 0 Å². The zero-order chi connectivity index (χ0) is 31.4. The van der Waals surface area contributed by atoms with Crippen molar-refractivity contribution < 1.29 is 39.9 Å². The first-order valence-corrected chi connectivity index (χ1v) is 15.3. The van der Waals surface area contributed by atoms with Crippen LogP contribution in [0.3, 0.4) is 0 Å². The molecule has 2 aromatic heterocycles. The Morgan fingerprint density at radius 3 is 2.42 bits per heavy atom. The Morgan fingerprint density at radius 1 is 1.09 bits per heavy atom. The summed E-state index contributed by atoms with van der Waals surface area (Å²) in [6.07, 6.45) is 0.0828. The van der Waals surface area contributed by atoms with E-state index in [-0.39, 0.29) is 64.2 Å². The summed E-state index contributed by atoms with van der Waals surface area (Å²) >= 11 is 6.09. The van der Waals surface area contributed by atoms with E-state index in [0.717, 1.165) is 24.6 Å². The quantitative estimate of drug-likeness (QED) is 0.291. The molecule has 0 radical (unpaired) electrons. The van der Waals surface area contributed by atoms with Gasteiger partial charge in [0.1, 0.15) is 23.2 Å². The molecule has 0 amide bonds. The van der Waals surface area contributed by atoms with Crippen molar-refractivity contribution in [3.63, 3.8) is 0 Å². The van der Waals surface area contributed by atoms with Gasteiger partial charge in [-0.15, -0.1) is 0 Å². The number of aliphatic hydroxyl groups excluding tert-OH is 1.